The van der Waals surface area contributed by atoms with Crippen LogP contribution in [-0.4, -0.2) is 68.4 Å². The lowest BCUT2D eigenvalue weighted by Gasteiger charge is -2.33. The van der Waals surface area contributed by atoms with Crippen molar-refractivity contribution in [3.8, 4) is 11.5 Å². The fourth-order valence-electron chi connectivity index (χ4n) is 3.67. The Balaban J connectivity index is 1.57. The van der Waals surface area contributed by atoms with Crippen LogP contribution in [0.15, 0.2) is 23.2 Å². The summed E-state index contributed by atoms with van der Waals surface area (Å²) in [6.07, 6.45) is 4.29. The largest absolute Gasteiger partial charge is 0.497 e. The molecule has 7 nitrogen and oxygen atoms in total. The molecule has 1 aromatic carbocycles. The van der Waals surface area contributed by atoms with Gasteiger partial charge in [0.1, 0.15) is 11.5 Å². The van der Waals surface area contributed by atoms with Gasteiger partial charge in [-0.05, 0) is 50.3 Å². The summed E-state index contributed by atoms with van der Waals surface area (Å²) in [6, 6.07) is 6.70. The molecule has 0 spiro atoms. The zero-order chi connectivity index (χ0) is 19.9. The number of nitrogens with one attached hydrogen (secondary N) is 2. The number of benzene rings is 1. The van der Waals surface area contributed by atoms with Crippen molar-refractivity contribution in [2.45, 2.75) is 50.8 Å². The quantitative estimate of drug-likeness (QED) is 0.465. The Hall–Kier alpha value is -1.99. The van der Waals surface area contributed by atoms with E-state index in [2.05, 4.69) is 27.4 Å². The predicted octanol–water partition coefficient (Wildman–Crippen LogP) is 1.92. The van der Waals surface area contributed by atoms with E-state index in [4.69, 9.17) is 9.47 Å². The summed E-state index contributed by atoms with van der Waals surface area (Å²) in [5, 5.41) is 17.4. The van der Waals surface area contributed by atoms with Crippen LogP contribution < -0.4 is 20.1 Å². The molecule has 1 heterocycles. The second kappa shape index (κ2) is 9.98. The average Bonchev–Trinajstić information content (AvgIpc) is 3.57. The maximum Gasteiger partial charge on any atom is 0.191 e. The molecule has 7 heteroatoms. The topological polar surface area (TPSA) is 78.4 Å². The van der Waals surface area contributed by atoms with Crippen LogP contribution in [0.25, 0.3) is 0 Å². The van der Waals surface area contributed by atoms with Crippen molar-refractivity contribution in [1.82, 2.24) is 15.5 Å². The summed E-state index contributed by atoms with van der Waals surface area (Å²) >= 11 is 0. The van der Waals surface area contributed by atoms with Crippen molar-refractivity contribution in [2.75, 3.05) is 40.4 Å². The second-order valence-electron chi connectivity index (χ2n) is 7.57. The summed E-state index contributed by atoms with van der Waals surface area (Å²) in [7, 11) is 3.20. The fraction of sp³-hybridized carbons (Fsp3) is 0.667. The van der Waals surface area contributed by atoms with E-state index in [1.165, 1.54) is 12.8 Å². The standard InChI is InChI=1S/C21H34N4O3/c1-4-22-21(24-16-7-9-25(10-8-16)17-5-6-17)23-14-20(26)15-11-18(27-2)13-19(12-15)28-3/h11-13,16-17,20,26H,4-10,14H2,1-3H3,(H2,22,23,24). The van der Waals surface area contributed by atoms with Crippen LogP contribution in [0.1, 0.15) is 44.3 Å². The highest BCUT2D eigenvalue weighted by atomic mass is 16.5. The molecule has 1 aromatic rings. The molecule has 1 aliphatic carbocycles. The van der Waals surface area contributed by atoms with Gasteiger partial charge in [-0.3, -0.25) is 4.99 Å². The minimum atomic E-state index is -0.726. The molecule has 1 unspecified atom stereocenters. The van der Waals surface area contributed by atoms with E-state index in [1.54, 1.807) is 20.3 Å². The van der Waals surface area contributed by atoms with Crippen molar-refractivity contribution in [2.24, 2.45) is 4.99 Å². The highest BCUT2D eigenvalue weighted by molar-refractivity contribution is 5.80. The molecule has 0 radical (unpaired) electrons. The Labute approximate surface area is 168 Å². The summed E-state index contributed by atoms with van der Waals surface area (Å²) in [5.74, 6) is 2.08. The minimum absolute atomic E-state index is 0.270. The number of ether oxygens (including phenoxy) is 2. The van der Waals surface area contributed by atoms with E-state index in [9.17, 15) is 5.11 Å². The first kappa shape index (κ1) is 20.7. The van der Waals surface area contributed by atoms with Crippen molar-refractivity contribution < 1.29 is 14.6 Å². The molecule has 0 amide bonds. The van der Waals surface area contributed by atoms with E-state index in [0.29, 0.717) is 17.5 Å². The maximum absolute atomic E-state index is 10.6. The van der Waals surface area contributed by atoms with E-state index in [0.717, 1.165) is 50.0 Å². The number of piperidine rings is 1. The molecule has 156 valence electrons. The van der Waals surface area contributed by atoms with Gasteiger partial charge < -0.3 is 30.1 Å². The van der Waals surface area contributed by atoms with Gasteiger partial charge >= 0.3 is 0 Å². The van der Waals surface area contributed by atoms with E-state index in [1.807, 2.05) is 12.1 Å². The zero-order valence-corrected chi connectivity index (χ0v) is 17.3. The monoisotopic (exact) mass is 390 g/mol. The number of hydrogen-bond donors (Lipinski definition) is 3. The number of guanidine groups is 1. The first-order chi connectivity index (χ1) is 13.6. The van der Waals surface area contributed by atoms with Gasteiger partial charge in [0.15, 0.2) is 5.96 Å². The van der Waals surface area contributed by atoms with E-state index >= 15 is 0 Å². The second-order valence-corrected chi connectivity index (χ2v) is 7.57. The van der Waals surface area contributed by atoms with Gasteiger partial charge in [0, 0.05) is 37.8 Å². The number of aliphatic hydroxyl groups is 1. The van der Waals surface area contributed by atoms with Gasteiger partial charge in [-0.1, -0.05) is 0 Å². The fourth-order valence-corrected chi connectivity index (χ4v) is 3.67. The third-order valence-corrected chi connectivity index (χ3v) is 5.46. The smallest absolute Gasteiger partial charge is 0.191 e. The van der Waals surface area contributed by atoms with Crippen LogP contribution in [-0.2, 0) is 0 Å². The van der Waals surface area contributed by atoms with Gasteiger partial charge in [0.2, 0.25) is 0 Å². The predicted molar refractivity (Wildman–Crippen MR) is 111 cm³/mol. The van der Waals surface area contributed by atoms with E-state index in [-0.39, 0.29) is 6.54 Å². The zero-order valence-electron chi connectivity index (χ0n) is 17.3. The Morgan fingerprint density at radius 1 is 1.14 bits per heavy atom. The molecule has 0 bridgehead atoms. The number of hydrogen-bond acceptors (Lipinski definition) is 5. The third-order valence-electron chi connectivity index (χ3n) is 5.46. The molecular formula is C21H34N4O3. The molecule has 1 saturated heterocycles. The molecule has 3 N–H and O–H groups in total. The number of likely N-dealkylation sites (tertiary alicyclic amines) is 1. The summed E-state index contributed by atoms with van der Waals surface area (Å²) in [5.41, 5.74) is 0.730. The Morgan fingerprint density at radius 3 is 2.32 bits per heavy atom. The van der Waals surface area contributed by atoms with Crippen LogP contribution in [0.4, 0.5) is 0 Å². The lowest BCUT2D eigenvalue weighted by atomic mass is 10.1. The van der Waals surface area contributed by atoms with Crippen LogP contribution in [0.3, 0.4) is 0 Å². The lowest BCUT2D eigenvalue weighted by Crippen LogP contribution is -2.49. The molecule has 1 atom stereocenters. The van der Waals surface area contributed by atoms with Crippen molar-refractivity contribution in [3.05, 3.63) is 23.8 Å². The number of methoxy groups -OCH3 is 2. The molecule has 1 saturated carbocycles. The SMILES string of the molecule is CCNC(=NCC(O)c1cc(OC)cc(OC)c1)NC1CCN(C2CC2)CC1. The van der Waals surface area contributed by atoms with Gasteiger partial charge in [-0.2, -0.15) is 0 Å². The van der Waals surface area contributed by atoms with Crippen LogP contribution in [0, 0.1) is 0 Å². The molecule has 1 aliphatic heterocycles. The van der Waals surface area contributed by atoms with Gasteiger partial charge in [0.05, 0.1) is 26.9 Å². The minimum Gasteiger partial charge on any atom is -0.497 e. The first-order valence-electron chi connectivity index (χ1n) is 10.3. The molecule has 2 aliphatic rings. The Bertz CT molecular complexity index is 633. The highest BCUT2D eigenvalue weighted by Gasteiger charge is 2.31. The molecule has 2 fully saturated rings. The van der Waals surface area contributed by atoms with Crippen LogP contribution in [0.5, 0.6) is 11.5 Å². The van der Waals surface area contributed by atoms with Crippen molar-refractivity contribution in [3.63, 3.8) is 0 Å². The van der Waals surface area contributed by atoms with Gasteiger partial charge in [-0.15, -0.1) is 0 Å². The summed E-state index contributed by atoms with van der Waals surface area (Å²) < 4.78 is 10.6. The van der Waals surface area contributed by atoms with Gasteiger partial charge in [-0.25, -0.2) is 0 Å². The lowest BCUT2D eigenvalue weighted by molar-refractivity contribution is 0.185. The Morgan fingerprint density at radius 2 is 1.79 bits per heavy atom. The maximum atomic E-state index is 10.6. The van der Waals surface area contributed by atoms with Crippen molar-refractivity contribution in [1.29, 1.82) is 0 Å². The van der Waals surface area contributed by atoms with E-state index < -0.39 is 6.10 Å². The Kier molecular flexibility index (Phi) is 7.39. The normalized spacial score (nSPS) is 19.9. The third kappa shape index (κ3) is 5.75. The van der Waals surface area contributed by atoms with Crippen molar-refractivity contribution >= 4 is 5.96 Å². The van der Waals surface area contributed by atoms with Crippen LogP contribution in [0.2, 0.25) is 0 Å². The number of aliphatic imine (C=N–C) groups is 1. The molecule has 28 heavy (non-hydrogen) atoms. The van der Waals surface area contributed by atoms with Gasteiger partial charge in [0.25, 0.3) is 0 Å². The molecule has 0 aromatic heterocycles. The number of nitrogens with zero attached hydrogens (tertiary/aromatic N) is 2. The number of aliphatic hydroxyl groups excluding tert-OH is 1. The van der Waals surface area contributed by atoms with Crippen LogP contribution >= 0.6 is 0 Å². The summed E-state index contributed by atoms with van der Waals surface area (Å²) in [6.45, 7) is 5.43. The average molecular weight is 391 g/mol. The first-order valence-corrected chi connectivity index (χ1v) is 10.3. The molecule has 3 rings (SSSR count). The number of rotatable bonds is 8. The highest BCUT2D eigenvalue weighted by Crippen LogP contribution is 2.29. The molecular weight excluding hydrogens is 356 g/mol. The summed E-state index contributed by atoms with van der Waals surface area (Å²) in [4.78, 5) is 7.22.